The van der Waals surface area contributed by atoms with Gasteiger partial charge < -0.3 is 14.8 Å². The van der Waals surface area contributed by atoms with E-state index in [0.717, 1.165) is 50.0 Å². The van der Waals surface area contributed by atoms with E-state index in [-0.39, 0.29) is 12.3 Å². The first kappa shape index (κ1) is 33.5. The zero-order valence-corrected chi connectivity index (χ0v) is 26.3. The maximum Gasteiger partial charge on any atom is 0.411 e. The van der Waals surface area contributed by atoms with Gasteiger partial charge in [0.25, 0.3) is 5.88 Å². The number of hydrogen-bond donors (Lipinski definition) is 1. The zero-order chi connectivity index (χ0) is 28.2. The number of nitrogens with one attached hydrogen (secondary N) is 1. The summed E-state index contributed by atoms with van der Waals surface area (Å²) < 4.78 is 21.6. The average molecular weight is 566 g/mol. The number of carbonyl (C=O) groups is 1. The maximum absolute atomic E-state index is 12.6. The Morgan fingerprint density at radius 3 is 2.18 bits per heavy atom. The Kier molecular flexibility index (Phi) is 17.4. The number of hydrogen-bond acceptors (Lipinski definition) is 6. The normalized spacial score (nSPS) is 18.0. The number of likely N-dealkylation sites (N-methyl/N-ethyl adjacent to an activating group) is 1. The molecule has 2 rings (SSSR count). The van der Waals surface area contributed by atoms with Gasteiger partial charge in [0.05, 0.1) is 31.9 Å². The molecule has 1 N–H and O–H groups in total. The molecule has 1 aromatic rings. The predicted molar refractivity (Wildman–Crippen MR) is 163 cm³/mol. The Labute approximate surface area is 243 Å². The predicted octanol–water partition coefficient (Wildman–Crippen LogP) is 8.50. The Bertz CT molecular complexity index is 816. The van der Waals surface area contributed by atoms with Crippen LogP contribution in [0, 0.1) is 0 Å². The Morgan fingerprint density at radius 2 is 1.54 bits per heavy atom. The molecule has 0 fully saturated rings. The van der Waals surface area contributed by atoms with E-state index in [1.807, 2.05) is 0 Å². The highest BCUT2D eigenvalue weighted by atomic mass is 32.1. The Balaban J connectivity index is 1.69. The van der Waals surface area contributed by atoms with Crippen molar-refractivity contribution in [3.63, 3.8) is 0 Å². The van der Waals surface area contributed by atoms with E-state index >= 15 is 0 Å². The zero-order valence-electron chi connectivity index (χ0n) is 25.5. The molecule has 8 heteroatoms. The lowest BCUT2D eigenvalue weighted by Crippen LogP contribution is -2.57. The molecule has 39 heavy (non-hydrogen) atoms. The average Bonchev–Trinajstić information content (AvgIpc) is 3.41. The Hall–Kier alpha value is -1.67. The molecule has 0 radical (unpaired) electrons. The Morgan fingerprint density at radius 1 is 0.923 bits per heavy atom. The fourth-order valence-electron chi connectivity index (χ4n) is 5.45. The van der Waals surface area contributed by atoms with Crippen molar-refractivity contribution < 1.29 is 18.8 Å². The van der Waals surface area contributed by atoms with Crippen LogP contribution in [-0.2, 0) is 4.74 Å². The van der Waals surface area contributed by atoms with Crippen LogP contribution in [0.1, 0.15) is 136 Å². The minimum Gasteiger partial charge on any atom is -0.475 e. The van der Waals surface area contributed by atoms with Gasteiger partial charge in [-0.1, -0.05) is 110 Å². The minimum absolute atomic E-state index is 0.198. The number of carbonyl (C=O) groups excluding carboxylic acids is 1. The van der Waals surface area contributed by atoms with Crippen molar-refractivity contribution in [1.82, 2.24) is 14.1 Å². The lowest BCUT2D eigenvalue weighted by atomic mass is 10.0. The third-order valence-electron chi connectivity index (χ3n) is 7.90. The van der Waals surface area contributed by atoms with Crippen LogP contribution in [0.5, 0.6) is 5.88 Å². The number of nitrogens with zero attached hydrogens (tertiary/aromatic N) is 3. The van der Waals surface area contributed by atoms with Gasteiger partial charge >= 0.3 is 6.09 Å². The van der Waals surface area contributed by atoms with E-state index in [2.05, 4.69) is 48.0 Å². The molecule has 7 nitrogen and oxygen atoms in total. The number of quaternary nitrogens is 1. The second-order valence-corrected chi connectivity index (χ2v) is 12.0. The van der Waals surface area contributed by atoms with Crippen LogP contribution in [0.4, 0.5) is 4.79 Å². The molecule has 1 aromatic heterocycles. The number of unbranched alkanes of at least 4 members (excludes halogenated alkanes) is 13. The summed E-state index contributed by atoms with van der Waals surface area (Å²) in [4.78, 5) is 12.6. The molecular weight excluding hydrogens is 508 g/mol. The molecule has 224 valence electrons. The van der Waals surface area contributed by atoms with Crippen LogP contribution in [0.3, 0.4) is 0 Å². The molecule has 0 aromatic carbocycles. The molecule has 2 atom stereocenters. The van der Waals surface area contributed by atoms with Crippen molar-refractivity contribution in [2.45, 2.75) is 136 Å². The summed E-state index contributed by atoms with van der Waals surface area (Å²) in [7, 11) is 2.18. The van der Waals surface area contributed by atoms with Gasteiger partial charge in [0.1, 0.15) is 12.2 Å². The molecule has 1 aliphatic heterocycles. The quantitative estimate of drug-likeness (QED) is 0.113. The molecule has 0 bridgehead atoms. The summed E-state index contributed by atoms with van der Waals surface area (Å²) in [5, 5.41) is 2.99. The number of amides is 1. The van der Waals surface area contributed by atoms with Crippen molar-refractivity contribution in [3.8, 4) is 5.88 Å². The monoisotopic (exact) mass is 565 g/mol. The minimum atomic E-state index is -0.296. The first-order valence-electron chi connectivity index (χ1n) is 16.0. The van der Waals surface area contributed by atoms with Gasteiger partial charge in [0, 0.05) is 25.0 Å². The molecule has 1 aliphatic rings. The van der Waals surface area contributed by atoms with E-state index in [4.69, 9.17) is 9.47 Å². The van der Waals surface area contributed by atoms with Crippen LogP contribution in [-0.4, -0.2) is 58.8 Å². The third-order valence-corrected chi connectivity index (χ3v) is 8.41. The van der Waals surface area contributed by atoms with Crippen molar-refractivity contribution >= 4 is 23.4 Å². The molecule has 0 spiro atoms. The van der Waals surface area contributed by atoms with E-state index in [1.165, 1.54) is 95.2 Å². The standard InChI is InChI=1S/C31H56N4O3S/c1-5-8-10-12-13-14-15-16-17-18-19-23-32-31(36)38-28(7-3)35(4)24-21-22-27(26-35)29-30(34-39-33-29)37-25-20-11-9-6-2/h22,28H,5-21,23-26H2,1-4H3/p+1. The van der Waals surface area contributed by atoms with Crippen LogP contribution < -0.4 is 10.1 Å². The highest BCUT2D eigenvalue weighted by Crippen LogP contribution is 2.32. The first-order chi connectivity index (χ1) is 19.0. The lowest BCUT2D eigenvalue weighted by molar-refractivity contribution is -0.946. The summed E-state index contributed by atoms with van der Waals surface area (Å²) >= 11 is 1.21. The van der Waals surface area contributed by atoms with E-state index in [9.17, 15) is 4.79 Å². The summed E-state index contributed by atoms with van der Waals surface area (Å²) in [6.07, 6.45) is 22.4. The fraction of sp³-hybridized carbons (Fsp3) is 0.839. The highest BCUT2D eigenvalue weighted by molar-refractivity contribution is 6.99. The van der Waals surface area contributed by atoms with E-state index < -0.39 is 0 Å². The number of alkyl carbamates (subject to hydrolysis) is 1. The fourth-order valence-corrected chi connectivity index (χ4v) is 5.98. The first-order valence-corrected chi connectivity index (χ1v) is 16.7. The molecule has 0 aliphatic carbocycles. The van der Waals surface area contributed by atoms with Crippen LogP contribution in [0.25, 0.3) is 5.57 Å². The van der Waals surface area contributed by atoms with Crippen LogP contribution >= 0.6 is 11.7 Å². The maximum atomic E-state index is 12.6. The number of ether oxygens (including phenoxy) is 2. The number of aromatic nitrogens is 2. The smallest absolute Gasteiger partial charge is 0.411 e. The van der Waals surface area contributed by atoms with Gasteiger partial charge in [-0.25, -0.2) is 4.79 Å². The van der Waals surface area contributed by atoms with Gasteiger partial charge in [-0.05, 0) is 12.8 Å². The van der Waals surface area contributed by atoms with Gasteiger partial charge in [0.15, 0.2) is 0 Å². The lowest BCUT2D eigenvalue weighted by Gasteiger charge is -2.42. The van der Waals surface area contributed by atoms with Gasteiger partial charge in [-0.15, -0.1) is 4.37 Å². The number of rotatable bonds is 22. The van der Waals surface area contributed by atoms with Crippen molar-refractivity contribution in [3.05, 3.63) is 11.8 Å². The molecule has 2 unspecified atom stereocenters. The second kappa shape index (κ2) is 20.2. The van der Waals surface area contributed by atoms with Crippen molar-refractivity contribution in [2.24, 2.45) is 0 Å². The SMILES string of the molecule is CCCCCCCCCCCCCNC(=O)OC(CC)[N+]1(C)CCC=C(c2nsnc2OCCCCCC)C1. The second-order valence-electron chi connectivity index (χ2n) is 11.4. The molecule has 0 saturated carbocycles. The van der Waals surface area contributed by atoms with Crippen molar-refractivity contribution in [1.29, 1.82) is 0 Å². The summed E-state index contributed by atoms with van der Waals surface area (Å²) in [5.74, 6) is 0.648. The van der Waals surface area contributed by atoms with Crippen LogP contribution in [0.15, 0.2) is 6.08 Å². The van der Waals surface area contributed by atoms with Crippen molar-refractivity contribution in [2.75, 3.05) is 33.3 Å². The van der Waals surface area contributed by atoms with E-state index in [1.54, 1.807) is 0 Å². The summed E-state index contributed by atoms with van der Waals surface area (Å²) in [6, 6.07) is 0. The third kappa shape index (κ3) is 13.0. The molecule has 1 amide bonds. The highest BCUT2D eigenvalue weighted by Gasteiger charge is 2.38. The topological polar surface area (TPSA) is 73.3 Å². The van der Waals surface area contributed by atoms with Crippen LogP contribution in [0.2, 0.25) is 0 Å². The molecular formula is C31H57N4O3S+. The summed E-state index contributed by atoms with van der Waals surface area (Å²) in [6.45, 7) is 9.62. The molecule has 2 heterocycles. The van der Waals surface area contributed by atoms with Gasteiger partial charge in [-0.2, -0.15) is 4.37 Å². The summed E-state index contributed by atoms with van der Waals surface area (Å²) in [5.41, 5.74) is 2.00. The van der Waals surface area contributed by atoms with Gasteiger partial charge in [-0.3, -0.25) is 4.48 Å². The van der Waals surface area contributed by atoms with E-state index in [0.29, 0.717) is 23.5 Å². The van der Waals surface area contributed by atoms with Gasteiger partial charge in [0.2, 0.25) is 6.23 Å². The largest absolute Gasteiger partial charge is 0.475 e. The molecule has 0 saturated heterocycles.